The Bertz CT molecular complexity index is 880. The molecule has 130 valence electrons. The van der Waals surface area contributed by atoms with Gasteiger partial charge in [0.05, 0.1) is 30.1 Å². The number of carbonyl (C=O) groups excluding carboxylic acids is 2. The summed E-state index contributed by atoms with van der Waals surface area (Å²) in [6.45, 7) is 2.13. The van der Waals surface area contributed by atoms with E-state index >= 15 is 0 Å². The van der Waals surface area contributed by atoms with Crippen LogP contribution in [0.25, 0.3) is 11.3 Å². The maximum atomic E-state index is 12.3. The topological polar surface area (TPSA) is 89.2 Å². The number of aromatic nitrogens is 2. The Kier molecular flexibility index (Phi) is 4.99. The molecule has 0 radical (unpaired) electrons. The molecular formula is C17H18N4O3S. The predicted molar refractivity (Wildman–Crippen MR) is 94.1 cm³/mol. The van der Waals surface area contributed by atoms with Crippen LogP contribution < -0.4 is 10.6 Å². The fourth-order valence-corrected chi connectivity index (χ4v) is 2.96. The van der Waals surface area contributed by atoms with Crippen LogP contribution in [-0.2, 0) is 18.4 Å². The van der Waals surface area contributed by atoms with Crippen LogP contribution in [0.1, 0.15) is 21.3 Å². The minimum Gasteiger partial charge on any atom is -0.467 e. The highest BCUT2D eigenvalue weighted by Gasteiger charge is 2.15. The van der Waals surface area contributed by atoms with Gasteiger partial charge in [-0.2, -0.15) is 0 Å². The second-order valence-corrected chi connectivity index (χ2v) is 6.58. The molecule has 3 aromatic heterocycles. The van der Waals surface area contributed by atoms with Crippen LogP contribution in [0.4, 0.5) is 0 Å². The number of thiazole rings is 1. The number of carbonyl (C=O) groups is 2. The van der Waals surface area contributed by atoms with E-state index in [2.05, 4.69) is 15.6 Å². The minimum atomic E-state index is -0.311. The van der Waals surface area contributed by atoms with Gasteiger partial charge in [0.1, 0.15) is 11.5 Å². The third kappa shape index (κ3) is 4.16. The molecule has 25 heavy (non-hydrogen) atoms. The first-order valence-electron chi connectivity index (χ1n) is 7.69. The van der Waals surface area contributed by atoms with Gasteiger partial charge < -0.3 is 19.6 Å². The number of aryl methyl sites for hydroxylation is 2. The zero-order valence-corrected chi connectivity index (χ0v) is 14.7. The Labute approximate surface area is 148 Å². The molecule has 0 saturated carbocycles. The van der Waals surface area contributed by atoms with Gasteiger partial charge in [-0.15, -0.1) is 11.3 Å². The molecular weight excluding hydrogens is 340 g/mol. The zero-order valence-electron chi connectivity index (χ0n) is 13.9. The summed E-state index contributed by atoms with van der Waals surface area (Å²) in [6, 6.07) is 5.29. The highest BCUT2D eigenvalue weighted by atomic mass is 32.1. The number of amides is 2. The summed E-state index contributed by atoms with van der Waals surface area (Å²) in [4.78, 5) is 28.5. The van der Waals surface area contributed by atoms with E-state index in [0.29, 0.717) is 18.0 Å². The summed E-state index contributed by atoms with van der Waals surface area (Å²) >= 11 is 1.56. The lowest BCUT2D eigenvalue weighted by molar-refractivity contribution is -0.120. The van der Waals surface area contributed by atoms with Crippen LogP contribution >= 0.6 is 11.3 Å². The molecule has 0 atom stereocenters. The molecule has 0 aliphatic carbocycles. The van der Waals surface area contributed by atoms with Crippen molar-refractivity contribution in [3.8, 4) is 11.3 Å². The van der Waals surface area contributed by atoms with Gasteiger partial charge in [0, 0.05) is 24.2 Å². The smallest absolute Gasteiger partial charge is 0.268 e. The molecule has 0 aliphatic rings. The van der Waals surface area contributed by atoms with Gasteiger partial charge in [-0.3, -0.25) is 9.59 Å². The molecule has 0 aliphatic heterocycles. The zero-order chi connectivity index (χ0) is 17.8. The van der Waals surface area contributed by atoms with E-state index < -0.39 is 0 Å². The molecule has 0 fully saturated rings. The van der Waals surface area contributed by atoms with E-state index in [1.165, 1.54) is 0 Å². The van der Waals surface area contributed by atoms with E-state index in [-0.39, 0.29) is 18.4 Å². The predicted octanol–water partition coefficient (Wildman–Crippen LogP) is 2.10. The Hall–Kier alpha value is -2.87. The van der Waals surface area contributed by atoms with Crippen molar-refractivity contribution in [3.05, 3.63) is 52.5 Å². The van der Waals surface area contributed by atoms with Crippen molar-refractivity contribution in [2.24, 2.45) is 7.05 Å². The number of hydrogen-bond acceptors (Lipinski definition) is 5. The summed E-state index contributed by atoms with van der Waals surface area (Å²) in [5, 5.41) is 8.22. The van der Waals surface area contributed by atoms with Crippen molar-refractivity contribution >= 4 is 23.2 Å². The van der Waals surface area contributed by atoms with Crippen LogP contribution in [0.15, 0.2) is 40.5 Å². The normalized spacial score (nSPS) is 10.6. The van der Waals surface area contributed by atoms with Gasteiger partial charge in [-0.05, 0) is 25.1 Å². The monoisotopic (exact) mass is 358 g/mol. The molecule has 3 heterocycles. The van der Waals surface area contributed by atoms with Crippen LogP contribution in [0.3, 0.4) is 0 Å². The molecule has 3 aromatic rings. The summed E-state index contributed by atoms with van der Waals surface area (Å²) in [5.74, 6) is 0.0634. The molecule has 2 amide bonds. The number of nitrogens with one attached hydrogen (secondary N) is 2. The first-order valence-corrected chi connectivity index (χ1v) is 8.57. The van der Waals surface area contributed by atoms with E-state index in [1.807, 2.05) is 18.5 Å². The van der Waals surface area contributed by atoms with Gasteiger partial charge >= 0.3 is 0 Å². The molecule has 8 heteroatoms. The first-order chi connectivity index (χ1) is 12.0. The Morgan fingerprint density at radius 2 is 2.20 bits per heavy atom. The minimum absolute atomic E-state index is 0.101. The molecule has 7 nitrogen and oxygen atoms in total. The average molecular weight is 358 g/mol. The largest absolute Gasteiger partial charge is 0.467 e. The van der Waals surface area contributed by atoms with Crippen LogP contribution in [0.2, 0.25) is 0 Å². The second kappa shape index (κ2) is 7.35. The molecule has 3 rings (SSSR count). The molecule has 0 unspecified atom stereocenters. The van der Waals surface area contributed by atoms with Gasteiger partial charge in [0.15, 0.2) is 0 Å². The summed E-state index contributed by atoms with van der Waals surface area (Å²) in [7, 11) is 1.79. The third-order valence-electron chi connectivity index (χ3n) is 3.60. The number of nitrogens with zero attached hydrogens (tertiary/aromatic N) is 2. The van der Waals surface area contributed by atoms with Crippen molar-refractivity contribution in [2.45, 2.75) is 13.5 Å². The van der Waals surface area contributed by atoms with Gasteiger partial charge in [-0.1, -0.05) is 0 Å². The van der Waals surface area contributed by atoms with Crippen molar-refractivity contribution < 1.29 is 14.0 Å². The van der Waals surface area contributed by atoms with Crippen molar-refractivity contribution in [2.75, 3.05) is 6.54 Å². The second-order valence-electron chi connectivity index (χ2n) is 5.52. The summed E-state index contributed by atoms with van der Waals surface area (Å²) < 4.78 is 6.85. The highest BCUT2D eigenvalue weighted by Crippen LogP contribution is 2.23. The summed E-state index contributed by atoms with van der Waals surface area (Å²) in [6.07, 6.45) is 3.39. The van der Waals surface area contributed by atoms with Crippen molar-refractivity contribution in [1.82, 2.24) is 20.2 Å². The molecule has 2 N–H and O–H groups in total. The molecule has 0 bridgehead atoms. The Morgan fingerprint density at radius 1 is 1.36 bits per heavy atom. The number of hydrogen-bond donors (Lipinski definition) is 2. The van der Waals surface area contributed by atoms with Crippen molar-refractivity contribution in [1.29, 1.82) is 0 Å². The maximum Gasteiger partial charge on any atom is 0.268 e. The lowest BCUT2D eigenvalue weighted by Crippen LogP contribution is -2.37. The number of furan rings is 1. The van der Waals surface area contributed by atoms with E-state index in [1.54, 1.807) is 47.4 Å². The van der Waals surface area contributed by atoms with Gasteiger partial charge in [-0.25, -0.2) is 4.98 Å². The Balaban J connectivity index is 1.56. The molecule has 0 saturated heterocycles. The first kappa shape index (κ1) is 17.0. The van der Waals surface area contributed by atoms with E-state index in [0.717, 1.165) is 16.3 Å². The van der Waals surface area contributed by atoms with E-state index in [9.17, 15) is 9.59 Å². The fraction of sp³-hybridized carbons (Fsp3) is 0.235. The lowest BCUT2D eigenvalue weighted by atomic mass is 10.2. The molecule has 0 spiro atoms. The Morgan fingerprint density at radius 3 is 2.88 bits per heavy atom. The third-order valence-corrected chi connectivity index (χ3v) is 4.38. The van der Waals surface area contributed by atoms with Gasteiger partial charge in [0.2, 0.25) is 5.91 Å². The fourth-order valence-electron chi connectivity index (χ4n) is 2.34. The summed E-state index contributed by atoms with van der Waals surface area (Å²) in [5.41, 5.74) is 2.19. The molecule has 0 aromatic carbocycles. The lowest BCUT2D eigenvalue weighted by Gasteiger charge is -2.06. The maximum absolute atomic E-state index is 12.3. The number of rotatable bonds is 6. The average Bonchev–Trinajstić information content (AvgIpc) is 3.31. The quantitative estimate of drug-likeness (QED) is 0.706. The van der Waals surface area contributed by atoms with Crippen LogP contribution in [-0.4, -0.2) is 27.9 Å². The van der Waals surface area contributed by atoms with Crippen LogP contribution in [0, 0.1) is 6.92 Å². The SMILES string of the molecule is Cc1nc(-c2cc(C(=O)NCC(=O)NCc3ccco3)n(C)c2)cs1. The highest BCUT2D eigenvalue weighted by molar-refractivity contribution is 7.09. The van der Waals surface area contributed by atoms with Crippen molar-refractivity contribution in [3.63, 3.8) is 0 Å². The van der Waals surface area contributed by atoms with Crippen LogP contribution in [0.5, 0.6) is 0 Å². The van der Waals surface area contributed by atoms with E-state index in [4.69, 9.17) is 4.42 Å². The van der Waals surface area contributed by atoms with Gasteiger partial charge in [0.25, 0.3) is 5.91 Å². The standard InChI is InChI=1S/C17H18N4O3S/c1-11-20-14(10-25-11)12-6-15(21(2)9-12)17(23)19-8-16(22)18-7-13-4-3-5-24-13/h3-6,9-10H,7-8H2,1-2H3,(H,18,22)(H,19,23).